The number of amides is 2. The second-order valence-corrected chi connectivity index (χ2v) is 4.85. The number of urea groups is 1. The monoisotopic (exact) mass is 314 g/mol. The number of methoxy groups -OCH3 is 1. The van der Waals surface area contributed by atoms with Crippen LogP contribution >= 0.6 is 0 Å². The van der Waals surface area contributed by atoms with E-state index in [-0.39, 0.29) is 11.8 Å². The molecule has 0 saturated carbocycles. The van der Waals surface area contributed by atoms with Crippen molar-refractivity contribution in [3.63, 3.8) is 0 Å². The Bertz CT molecular complexity index is 669. The van der Waals surface area contributed by atoms with Crippen LogP contribution in [-0.4, -0.2) is 19.7 Å². The topological polar surface area (TPSA) is 50.4 Å². The number of hydrogen-bond donors (Lipinski definition) is 2. The van der Waals surface area contributed by atoms with Crippen molar-refractivity contribution in [3.8, 4) is 5.75 Å². The van der Waals surface area contributed by atoms with Crippen molar-refractivity contribution in [2.75, 3.05) is 13.7 Å². The van der Waals surface area contributed by atoms with Crippen LogP contribution in [0, 0.1) is 5.82 Å². The molecule has 0 saturated heterocycles. The highest BCUT2D eigenvalue weighted by Crippen LogP contribution is 2.17. The molecule has 23 heavy (non-hydrogen) atoms. The van der Waals surface area contributed by atoms with E-state index >= 15 is 0 Å². The Morgan fingerprint density at radius 2 is 1.91 bits per heavy atom. The van der Waals surface area contributed by atoms with Gasteiger partial charge in [0.2, 0.25) is 0 Å². The zero-order valence-electron chi connectivity index (χ0n) is 12.9. The van der Waals surface area contributed by atoms with E-state index in [2.05, 4.69) is 10.6 Å². The summed E-state index contributed by atoms with van der Waals surface area (Å²) >= 11 is 0. The Labute approximate surface area is 135 Å². The van der Waals surface area contributed by atoms with E-state index in [0.29, 0.717) is 13.0 Å². The molecule has 0 fully saturated rings. The second kappa shape index (κ2) is 8.58. The van der Waals surface area contributed by atoms with Gasteiger partial charge in [0, 0.05) is 12.7 Å². The van der Waals surface area contributed by atoms with Gasteiger partial charge in [0.1, 0.15) is 11.6 Å². The molecule has 120 valence electrons. The number of nitrogens with one attached hydrogen (secondary N) is 2. The Balaban J connectivity index is 1.74. The normalized spacial score (nSPS) is 10.5. The third-order valence-electron chi connectivity index (χ3n) is 3.23. The lowest BCUT2D eigenvalue weighted by atomic mass is 10.1. The van der Waals surface area contributed by atoms with E-state index in [0.717, 1.165) is 16.9 Å². The van der Waals surface area contributed by atoms with Crippen molar-refractivity contribution in [2.45, 2.75) is 6.42 Å². The minimum Gasteiger partial charge on any atom is -0.496 e. The van der Waals surface area contributed by atoms with Crippen molar-refractivity contribution in [1.82, 2.24) is 10.6 Å². The molecule has 0 aromatic heterocycles. The minimum absolute atomic E-state index is 0.288. The lowest BCUT2D eigenvalue weighted by Gasteiger charge is -2.08. The number of benzene rings is 2. The summed E-state index contributed by atoms with van der Waals surface area (Å²) in [6.07, 6.45) is 3.89. The van der Waals surface area contributed by atoms with Gasteiger partial charge in [0.05, 0.1) is 7.11 Å². The molecule has 0 aliphatic rings. The van der Waals surface area contributed by atoms with Crippen molar-refractivity contribution in [3.05, 3.63) is 71.7 Å². The summed E-state index contributed by atoms with van der Waals surface area (Å²) in [5.41, 5.74) is 1.85. The molecule has 4 nitrogen and oxygen atoms in total. The standard InChI is InChI=1S/C18H19FN2O2/c1-23-17-5-3-2-4-15(17)11-13-21-18(22)20-12-10-14-6-8-16(19)9-7-14/h2-10,12H,11,13H2,1H3,(H2,20,21,22)/b12-10+. The van der Waals surface area contributed by atoms with Crippen molar-refractivity contribution < 1.29 is 13.9 Å². The number of halogens is 1. The van der Waals surface area contributed by atoms with Gasteiger partial charge in [-0.25, -0.2) is 9.18 Å². The number of rotatable bonds is 6. The summed E-state index contributed by atoms with van der Waals surface area (Å²) < 4.78 is 18.0. The smallest absolute Gasteiger partial charge is 0.318 e. The number of para-hydroxylation sites is 1. The number of carbonyl (C=O) groups is 1. The zero-order valence-corrected chi connectivity index (χ0v) is 12.9. The molecule has 2 aromatic carbocycles. The van der Waals surface area contributed by atoms with Crippen LogP contribution in [-0.2, 0) is 6.42 Å². The van der Waals surface area contributed by atoms with Crippen LogP contribution in [0.5, 0.6) is 5.75 Å². The van der Waals surface area contributed by atoms with Gasteiger partial charge in [-0.2, -0.15) is 0 Å². The summed E-state index contributed by atoms with van der Waals surface area (Å²) in [7, 11) is 1.62. The highest BCUT2D eigenvalue weighted by Gasteiger charge is 2.02. The highest BCUT2D eigenvalue weighted by atomic mass is 19.1. The maximum atomic E-state index is 12.8. The van der Waals surface area contributed by atoms with E-state index in [9.17, 15) is 9.18 Å². The summed E-state index contributed by atoms with van der Waals surface area (Å²) in [4.78, 5) is 11.7. The van der Waals surface area contributed by atoms with Gasteiger partial charge < -0.3 is 15.4 Å². The Morgan fingerprint density at radius 1 is 1.17 bits per heavy atom. The molecule has 0 aliphatic carbocycles. The van der Waals surface area contributed by atoms with Gasteiger partial charge >= 0.3 is 6.03 Å². The van der Waals surface area contributed by atoms with Crippen LogP contribution in [0.3, 0.4) is 0 Å². The summed E-state index contributed by atoms with van der Waals surface area (Å²) in [6, 6.07) is 13.4. The molecule has 0 atom stereocenters. The summed E-state index contributed by atoms with van der Waals surface area (Å²) in [5.74, 6) is 0.523. The van der Waals surface area contributed by atoms with Gasteiger partial charge in [-0.1, -0.05) is 30.3 Å². The van der Waals surface area contributed by atoms with Crippen LogP contribution in [0.15, 0.2) is 54.7 Å². The molecule has 0 aliphatic heterocycles. The number of hydrogen-bond acceptors (Lipinski definition) is 2. The van der Waals surface area contributed by atoms with E-state index in [1.54, 1.807) is 25.3 Å². The minimum atomic E-state index is -0.293. The third-order valence-corrected chi connectivity index (χ3v) is 3.23. The van der Waals surface area contributed by atoms with Gasteiger partial charge in [-0.3, -0.25) is 0 Å². The molecule has 0 radical (unpaired) electrons. The van der Waals surface area contributed by atoms with Crippen LogP contribution in [0.25, 0.3) is 6.08 Å². The predicted octanol–water partition coefficient (Wildman–Crippen LogP) is 3.35. The van der Waals surface area contributed by atoms with Gasteiger partial charge in [-0.05, 0) is 41.8 Å². The zero-order chi connectivity index (χ0) is 16.5. The second-order valence-electron chi connectivity index (χ2n) is 4.85. The van der Waals surface area contributed by atoms with E-state index < -0.39 is 0 Å². The van der Waals surface area contributed by atoms with Crippen molar-refractivity contribution >= 4 is 12.1 Å². The van der Waals surface area contributed by atoms with Crippen molar-refractivity contribution in [2.24, 2.45) is 0 Å². The fourth-order valence-electron chi connectivity index (χ4n) is 2.06. The Hall–Kier alpha value is -2.82. The van der Waals surface area contributed by atoms with E-state index in [1.165, 1.54) is 18.3 Å². The van der Waals surface area contributed by atoms with Crippen LogP contribution in [0.1, 0.15) is 11.1 Å². The number of carbonyl (C=O) groups excluding carboxylic acids is 1. The first-order chi connectivity index (χ1) is 11.2. The Morgan fingerprint density at radius 3 is 2.65 bits per heavy atom. The average Bonchev–Trinajstić information content (AvgIpc) is 2.57. The maximum Gasteiger partial charge on any atom is 0.318 e. The predicted molar refractivity (Wildman–Crippen MR) is 88.7 cm³/mol. The quantitative estimate of drug-likeness (QED) is 0.859. The van der Waals surface area contributed by atoms with E-state index in [4.69, 9.17) is 4.74 Å². The fraction of sp³-hybridized carbons (Fsp3) is 0.167. The SMILES string of the molecule is COc1ccccc1CCNC(=O)N/C=C/c1ccc(F)cc1. The molecule has 2 N–H and O–H groups in total. The molecular weight excluding hydrogens is 295 g/mol. The van der Waals surface area contributed by atoms with Gasteiger partial charge in [0.15, 0.2) is 0 Å². The van der Waals surface area contributed by atoms with Crippen LogP contribution in [0.4, 0.5) is 9.18 Å². The van der Waals surface area contributed by atoms with Crippen LogP contribution in [0.2, 0.25) is 0 Å². The number of ether oxygens (including phenoxy) is 1. The lowest BCUT2D eigenvalue weighted by molar-refractivity contribution is 0.244. The summed E-state index contributed by atoms with van der Waals surface area (Å²) in [5, 5.41) is 5.37. The molecule has 0 heterocycles. The first kappa shape index (κ1) is 16.5. The molecule has 0 bridgehead atoms. The largest absolute Gasteiger partial charge is 0.496 e. The lowest BCUT2D eigenvalue weighted by Crippen LogP contribution is -2.33. The average molecular weight is 314 g/mol. The Kier molecular flexibility index (Phi) is 6.17. The first-order valence-electron chi connectivity index (χ1n) is 7.27. The molecular formula is C18H19FN2O2. The molecule has 2 amide bonds. The van der Waals surface area contributed by atoms with Crippen LogP contribution < -0.4 is 15.4 Å². The molecule has 5 heteroatoms. The maximum absolute atomic E-state index is 12.8. The molecule has 2 rings (SSSR count). The molecule has 0 unspecified atom stereocenters. The molecule has 0 spiro atoms. The highest BCUT2D eigenvalue weighted by molar-refractivity contribution is 5.75. The fourth-order valence-corrected chi connectivity index (χ4v) is 2.06. The summed E-state index contributed by atoms with van der Waals surface area (Å²) in [6.45, 7) is 0.497. The molecule has 2 aromatic rings. The van der Waals surface area contributed by atoms with Gasteiger partial charge in [-0.15, -0.1) is 0 Å². The van der Waals surface area contributed by atoms with Gasteiger partial charge in [0.25, 0.3) is 0 Å². The third kappa shape index (κ3) is 5.47. The van der Waals surface area contributed by atoms with E-state index in [1.807, 2.05) is 24.3 Å². The first-order valence-corrected chi connectivity index (χ1v) is 7.27. The van der Waals surface area contributed by atoms with Crippen molar-refractivity contribution in [1.29, 1.82) is 0 Å².